The Bertz CT molecular complexity index is 512. The largest absolute Gasteiger partial charge is 0.477 e. The summed E-state index contributed by atoms with van der Waals surface area (Å²) in [5.41, 5.74) is 0.316. The molecule has 2 aromatic heterocycles. The summed E-state index contributed by atoms with van der Waals surface area (Å²) in [5.74, 6) is -0.309. The van der Waals surface area contributed by atoms with E-state index in [9.17, 15) is 4.79 Å². The number of carboxylic acid groups (broad SMARTS) is 1. The van der Waals surface area contributed by atoms with Crippen molar-refractivity contribution in [2.45, 2.75) is 6.92 Å². The molecule has 0 amide bonds. The van der Waals surface area contributed by atoms with Gasteiger partial charge in [-0.2, -0.15) is 0 Å². The van der Waals surface area contributed by atoms with E-state index in [0.717, 1.165) is 0 Å². The number of nitrogens with zero attached hydrogens (tertiary/aromatic N) is 3. The zero-order chi connectivity index (χ0) is 11.0. The van der Waals surface area contributed by atoms with E-state index < -0.39 is 5.97 Å². The van der Waals surface area contributed by atoms with Gasteiger partial charge in [-0.05, 0) is 6.92 Å². The van der Waals surface area contributed by atoms with Crippen molar-refractivity contribution in [2.24, 2.45) is 7.05 Å². The molecule has 0 aliphatic rings. The Morgan fingerprint density at radius 2 is 2.33 bits per heavy atom. The highest BCUT2D eigenvalue weighted by molar-refractivity contribution is 5.94. The number of aromatic carboxylic acids is 1. The van der Waals surface area contributed by atoms with Gasteiger partial charge in [-0.3, -0.25) is 0 Å². The van der Waals surface area contributed by atoms with Gasteiger partial charge in [-0.1, -0.05) is 5.16 Å². The lowest BCUT2D eigenvalue weighted by atomic mass is 10.2. The summed E-state index contributed by atoms with van der Waals surface area (Å²) < 4.78 is 6.54. The van der Waals surface area contributed by atoms with Crippen molar-refractivity contribution in [3.05, 3.63) is 23.7 Å². The lowest BCUT2D eigenvalue weighted by molar-refractivity contribution is 0.0695. The third-order valence-electron chi connectivity index (χ3n) is 2.11. The molecule has 15 heavy (non-hydrogen) atoms. The van der Waals surface area contributed by atoms with Gasteiger partial charge >= 0.3 is 5.97 Å². The molecule has 0 atom stereocenters. The molecule has 0 aliphatic carbocycles. The van der Waals surface area contributed by atoms with Crippen LogP contribution in [0.4, 0.5) is 0 Å². The predicted octanol–water partition coefficient (Wildman–Crippen LogP) is 1.08. The quantitative estimate of drug-likeness (QED) is 0.796. The summed E-state index contributed by atoms with van der Waals surface area (Å²) in [7, 11) is 1.76. The first-order chi connectivity index (χ1) is 7.11. The fraction of sp³-hybridized carbons (Fsp3) is 0.222. The molecule has 6 nitrogen and oxygen atoms in total. The first kappa shape index (κ1) is 9.45. The lowest BCUT2D eigenvalue weighted by Gasteiger charge is -1.97. The van der Waals surface area contributed by atoms with Gasteiger partial charge in [0.05, 0.1) is 0 Å². The Morgan fingerprint density at radius 1 is 1.60 bits per heavy atom. The molecule has 2 heterocycles. The van der Waals surface area contributed by atoms with Crippen molar-refractivity contribution < 1.29 is 14.4 Å². The lowest BCUT2D eigenvalue weighted by Crippen LogP contribution is -2.02. The Kier molecular flexibility index (Phi) is 2.03. The zero-order valence-corrected chi connectivity index (χ0v) is 8.26. The number of aromatic nitrogens is 3. The average molecular weight is 207 g/mol. The van der Waals surface area contributed by atoms with Crippen molar-refractivity contribution >= 4 is 5.97 Å². The predicted molar refractivity (Wildman–Crippen MR) is 50.4 cm³/mol. The molecule has 1 N–H and O–H groups in total. The molecule has 0 unspecified atom stereocenters. The molecule has 2 rings (SSSR count). The fourth-order valence-electron chi connectivity index (χ4n) is 1.37. The molecule has 0 radical (unpaired) electrons. The number of imidazole rings is 1. The van der Waals surface area contributed by atoms with Crippen LogP contribution in [-0.4, -0.2) is 25.8 Å². The van der Waals surface area contributed by atoms with Crippen molar-refractivity contribution in [1.82, 2.24) is 14.7 Å². The molecular formula is C9H9N3O3. The van der Waals surface area contributed by atoms with E-state index >= 15 is 0 Å². The van der Waals surface area contributed by atoms with E-state index in [0.29, 0.717) is 5.82 Å². The first-order valence-corrected chi connectivity index (χ1v) is 4.28. The third-order valence-corrected chi connectivity index (χ3v) is 2.11. The Labute approximate surface area is 85.1 Å². The normalized spacial score (nSPS) is 10.5. The smallest absolute Gasteiger partial charge is 0.341 e. The highest BCUT2D eigenvalue weighted by Crippen LogP contribution is 2.23. The Balaban J connectivity index is 2.64. The summed E-state index contributed by atoms with van der Waals surface area (Å²) in [4.78, 5) is 15.0. The number of hydrogen-bond acceptors (Lipinski definition) is 4. The van der Waals surface area contributed by atoms with E-state index in [1.807, 2.05) is 0 Å². The number of rotatable bonds is 2. The van der Waals surface area contributed by atoms with Gasteiger partial charge in [0, 0.05) is 19.4 Å². The van der Waals surface area contributed by atoms with E-state index in [2.05, 4.69) is 10.1 Å². The summed E-state index contributed by atoms with van der Waals surface area (Å²) >= 11 is 0. The second-order valence-corrected chi connectivity index (χ2v) is 3.13. The topological polar surface area (TPSA) is 81.2 Å². The molecule has 2 aromatic rings. The van der Waals surface area contributed by atoms with Crippen molar-refractivity contribution in [3.63, 3.8) is 0 Å². The van der Waals surface area contributed by atoms with Crippen LogP contribution in [0, 0.1) is 6.92 Å². The second-order valence-electron chi connectivity index (χ2n) is 3.13. The van der Waals surface area contributed by atoms with E-state index in [1.54, 1.807) is 30.9 Å². The molecule has 6 heteroatoms. The molecule has 78 valence electrons. The van der Waals surface area contributed by atoms with Gasteiger partial charge in [0.1, 0.15) is 11.3 Å². The van der Waals surface area contributed by atoms with Crippen molar-refractivity contribution in [2.75, 3.05) is 0 Å². The molecule has 0 spiro atoms. The van der Waals surface area contributed by atoms with E-state index in [4.69, 9.17) is 9.63 Å². The highest BCUT2D eigenvalue weighted by Gasteiger charge is 2.23. The van der Waals surface area contributed by atoms with Gasteiger partial charge in [0.25, 0.3) is 0 Å². The van der Waals surface area contributed by atoms with Crippen LogP contribution in [0.15, 0.2) is 16.9 Å². The van der Waals surface area contributed by atoms with Gasteiger partial charge in [0.2, 0.25) is 0 Å². The van der Waals surface area contributed by atoms with Crippen LogP contribution in [0.3, 0.4) is 0 Å². The monoisotopic (exact) mass is 207 g/mol. The van der Waals surface area contributed by atoms with Crippen LogP contribution in [0.2, 0.25) is 0 Å². The minimum absolute atomic E-state index is 0.0595. The summed E-state index contributed by atoms with van der Waals surface area (Å²) in [6.07, 6.45) is 3.29. The first-order valence-electron chi connectivity index (χ1n) is 4.28. The summed E-state index contributed by atoms with van der Waals surface area (Å²) in [6, 6.07) is 0. The van der Waals surface area contributed by atoms with Crippen molar-refractivity contribution in [1.29, 1.82) is 0 Å². The maximum atomic E-state index is 11.0. The number of carboxylic acids is 1. The summed E-state index contributed by atoms with van der Waals surface area (Å²) in [5, 5.41) is 12.7. The van der Waals surface area contributed by atoms with Crippen molar-refractivity contribution in [3.8, 4) is 11.5 Å². The van der Waals surface area contributed by atoms with Crippen LogP contribution in [-0.2, 0) is 7.05 Å². The van der Waals surface area contributed by atoms with Crippen LogP contribution in [0.1, 0.15) is 16.1 Å². The molecule has 0 aliphatic heterocycles. The molecule has 0 saturated carbocycles. The minimum atomic E-state index is -1.06. The molecule has 0 saturated heterocycles. The molecule has 0 aromatic carbocycles. The number of carbonyl (C=O) groups is 1. The number of hydrogen-bond donors (Lipinski definition) is 1. The van der Waals surface area contributed by atoms with E-state index in [1.165, 1.54) is 0 Å². The molecule has 0 bridgehead atoms. The van der Waals surface area contributed by atoms with Crippen LogP contribution < -0.4 is 0 Å². The highest BCUT2D eigenvalue weighted by atomic mass is 16.5. The van der Waals surface area contributed by atoms with Crippen LogP contribution in [0.5, 0.6) is 0 Å². The number of aryl methyl sites for hydroxylation is 2. The van der Waals surface area contributed by atoms with Gasteiger partial charge in [-0.25, -0.2) is 9.78 Å². The third kappa shape index (κ3) is 1.39. The Hall–Kier alpha value is -2.11. The fourth-order valence-corrected chi connectivity index (χ4v) is 1.37. The maximum absolute atomic E-state index is 11.0. The second kappa shape index (κ2) is 3.23. The van der Waals surface area contributed by atoms with Gasteiger partial charge in [0.15, 0.2) is 11.5 Å². The Morgan fingerprint density at radius 3 is 2.87 bits per heavy atom. The minimum Gasteiger partial charge on any atom is -0.477 e. The summed E-state index contributed by atoms with van der Waals surface area (Å²) in [6.45, 7) is 1.56. The van der Waals surface area contributed by atoms with Crippen LogP contribution >= 0.6 is 0 Å². The molecule has 0 fully saturated rings. The van der Waals surface area contributed by atoms with E-state index in [-0.39, 0.29) is 17.0 Å². The zero-order valence-electron chi connectivity index (χ0n) is 8.26. The average Bonchev–Trinajstić information content (AvgIpc) is 2.71. The standard InChI is InChI=1S/C9H9N3O3/c1-5-6(9(13)14)7(11-15-5)8-10-3-4-12(8)2/h3-4H,1-2H3,(H,13,14). The maximum Gasteiger partial charge on any atom is 0.341 e. The molecular weight excluding hydrogens is 198 g/mol. The van der Waals surface area contributed by atoms with Gasteiger partial charge in [-0.15, -0.1) is 0 Å². The van der Waals surface area contributed by atoms with Crippen LogP contribution in [0.25, 0.3) is 11.5 Å². The van der Waals surface area contributed by atoms with Gasteiger partial charge < -0.3 is 14.2 Å². The SMILES string of the molecule is Cc1onc(-c2nccn2C)c1C(=O)O.